The fourth-order valence-corrected chi connectivity index (χ4v) is 2.97. The van der Waals surface area contributed by atoms with Crippen molar-refractivity contribution in [2.45, 2.75) is 104 Å². The molecule has 0 atom stereocenters. The fraction of sp³-hybridized carbons (Fsp3) is 0.833. The van der Waals surface area contributed by atoms with Crippen LogP contribution in [-0.2, 0) is 23.8 Å². The fourth-order valence-electron chi connectivity index (χ4n) is 2.97. The average Bonchev–Trinajstić information content (AvgIpc) is 2.70. The number of rotatable bonds is 21. The molecule has 0 spiro atoms. The second kappa shape index (κ2) is 22.9. The van der Waals surface area contributed by atoms with Gasteiger partial charge in [0.05, 0.1) is 13.2 Å². The first-order valence-corrected chi connectivity index (χ1v) is 11.7. The zero-order chi connectivity index (χ0) is 21.4. The molecule has 0 saturated heterocycles. The van der Waals surface area contributed by atoms with Crippen LogP contribution in [0.5, 0.6) is 0 Å². The van der Waals surface area contributed by atoms with Gasteiger partial charge in [0, 0.05) is 13.3 Å². The van der Waals surface area contributed by atoms with Gasteiger partial charge in [-0.3, -0.25) is 9.59 Å². The minimum absolute atomic E-state index is 0.161. The quantitative estimate of drug-likeness (QED) is 0.129. The molecular weight excluding hydrogens is 368 g/mol. The van der Waals surface area contributed by atoms with E-state index in [-0.39, 0.29) is 25.2 Å². The van der Waals surface area contributed by atoms with Crippen molar-refractivity contribution in [3.05, 3.63) is 12.2 Å². The average molecular weight is 413 g/mol. The summed E-state index contributed by atoms with van der Waals surface area (Å²) in [6, 6.07) is 0. The SMILES string of the molecule is CCCCCCCC/C=C\CCCCCCCC(=O)OCCOCCOC(C)=O. The van der Waals surface area contributed by atoms with Gasteiger partial charge >= 0.3 is 11.9 Å². The third-order valence-corrected chi connectivity index (χ3v) is 4.67. The number of ether oxygens (including phenoxy) is 3. The Morgan fingerprint density at radius 1 is 0.655 bits per heavy atom. The largest absolute Gasteiger partial charge is 0.463 e. The van der Waals surface area contributed by atoms with Gasteiger partial charge in [-0.15, -0.1) is 0 Å². The van der Waals surface area contributed by atoms with E-state index in [2.05, 4.69) is 19.1 Å². The first-order chi connectivity index (χ1) is 14.2. The van der Waals surface area contributed by atoms with Gasteiger partial charge in [-0.05, 0) is 32.1 Å². The van der Waals surface area contributed by atoms with Gasteiger partial charge in [-0.1, -0.05) is 70.4 Å². The van der Waals surface area contributed by atoms with Crippen molar-refractivity contribution >= 4 is 11.9 Å². The van der Waals surface area contributed by atoms with E-state index in [1.165, 1.54) is 77.6 Å². The molecular formula is C24H44O5. The predicted molar refractivity (Wildman–Crippen MR) is 118 cm³/mol. The van der Waals surface area contributed by atoms with E-state index >= 15 is 0 Å². The predicted octanol–water partition coefficient (Wildman–Crippen LogP) is 6.15. The molecule has 0 aromatic carbocycles. The molecule has 5 heteroatoms. The molecule has 5 nitrogen and oxygen atoms in total. The molecule has 0 N–H and O–H groups in total. The van der Waals surface area contributed by atoms with Crippen molar-refractivity contribution in [2.24, 2.45) is 0 Å². The number of allylic oxidation sites excluding steroid dienone is 2. The third kappa shape index (κ3) is 24.6. The summed E-state index contributed by atoms with van der Waals surface area (Å²) in [6.07, 6.45) is 21.4. The lowest BCUT2D eigenvalue weighted by atomic mass is 10.1. The summed E-state index contributed by atoms with van der Waals surface area (Å²) in [6.45, 7) is 4.76. The van der Waals surface area contributed by atoms with Crippen molar-refractivity contribution in [1.82, 2.24) is 0 Å². The molecule has 0 fully saturated rings. The normalized spacial score (nSPS) is 11.1. The minimum Gasteiger partial charge on any atom is -0.463 e. The summed E-state index contributed by atoms with van der Waals surface area (Å²) in [5.74, 6) is -0.480. The van der Waals surface area contributed by atoms with Crippen LogP contribution in [0.2, 0.25) is 0 Å². The summed E-state index contributed by atoms with van der Waals surface area (Å²) in [5.41, 5.74) is 0. The third-order valence-electron chi connectivity index (χ3n) is 4.67. The van der Waals surface area contributed by atoms with Gasteiger partial charge < -0.3 is 14.2 Å². The van der Waals surface area contributed by atoms with Crippen LogP contribution in [0.3, 0.4) is 0 Å². The van der Waals surface area contributed by atoms with Crippen LogP contribution in [-0.4, -0.2) is 38.4 Å². The second-order valence-electron chi connectivity index (χ2n) is 7.51. The highest BCUT2D eigenvalue weighted by Gasteiger charge is 2.02. The van der Waals surface area contributed by atoms with E-state index in [0.29, 0.717) is 19.6 Å². The highest BCUT2D eigenvalue weighted by molar-refractivity contribution is 5.69. The Morgan fingerprint density at radius 3 is 1.76 bits per heavy atom. The van der Waals surface area contributed by atoms with Crippen LogP contribution in [0.4, 0.5) is 0 Å². The summed E-state index contributed by atoms with van der Waals surface area (Å²) in [7, 11) is 0. The number of hydrogen-bond donors (Lipinski definition) is 0. The zero-order valence-electron chi connectivity index (χ0n) is 18.9. The Bertz CT molecular complexity index is 406. The van der Waals surface area contributed by atoms with Crippen molar-refractivity contribution in [3.8, 4) is 0 Å². The van der Waals surface area contributed by atoms with E-state index in [1.807, 2.05) is 0 Å². The van der Waals surface area contributed by atoms with E-state index in [4.69, 9.17) is 14.2 Å². The number of hydrogen-bond acceptors (Lipinski definition) is 5. The molecule has 0 heterocycles. The summed E-state index contributed by atoms with van der Waals surface area (Å²) >= 11 is 0. The van der Waals surface area contributed by atoms with Crippen molar-refractivity contribution in [3.63, 3.8) is 0 Å². The molecule has 0 saturated carbocycles. The molecule has 0 bridgehead atoms. The van der Waals surface area contributed by atoms with Crippen LogP contribution >= 0.6 is 0 Å². The van der Waals surface area contributed by atoms with Crippen LogP contribution in [0.1, 0.15) is 104 Å². The molecule has 0 aliphatic rings. The van der Waals surface area contributed by atoms with E-state index in [0.717, 1.165) is 12.8 Å². The maximum atomic E-state index is 11.6. The molecule has 0 rings (SSSR count). The van der Waals surface area contributed by atoms with Crippen LogP contribution in [0.15, 0.2) is 12.2 Å². The van der Waals surface area contributed by atoms with Gasteiger partial charge in [0.2, 0.25) is 0 Å². The standard InChI is InChI=1S/C24H44O5/c1-3-4-5-6-7-8-9-10-11-12-13-14-15-16-17-18-24(26)29-22-20-27-19-21-28-23(2)25/h10-11H,3-9,12-22H2,1-2H3/b11-10-. The first-order valence-electron chi connectivity index (χ1n) is 11.7. The maximum absolute atomic E-state index is 11.6. The number of carbonyl (C=O) groups is 2. The Balaban J connectivity index is 3.22. The Kier molecular flexibility index (Phi) is 21.8. The van der Waals surface area contributed by atoms with Crippen LogP contribution in [0.25, 0.3) is 0 Å². The van der Waals surface area contributed by atoms with Crippen molar-refractivity contribution in [1.29, 1.82) is 0 Å². The molecule has 29 heavy (non-hydrogen) atoms. The molecule has 170 valence electrons. The van der Waals surface area contributed by atoms with Gasteiger partial charge in [-0.2, -0.15) is 0 Å². The second-order valence-corrected chi connectivity index (χ2v) is 7.51. The molecule has 0 radical (unpaired) electrons. The van der Waals surface area contributed by atoms with E-state index in [9.17, 15) is 9.59 Å². The smallest absolute Gasteiger partial charge is 0.305 e. The topological polar surface area (TPSA) is 61.8 Å². The Hall–Kier alpha value is -1.36. The van der Waals surface area contributed by atoms with Crippen LogP contribution < -0.4 is 0 Å². The van der Waals surface area contributed by atoms with Gasteiger partial charge in [0.15, 0.2) is 0 Å². The molecule has 0 aromatic heterocycles. The minimum atomic E-state index is -0.319. The summed E-state index contributed by atoms with van der Waals surface area (Å²) < 4.78 is 15.0. The molecule has 0 amide bonds. The summed E-state index contributed by atoms with van der Waals surface area (Å²) in [5, 5.41) is 0. The Labute approximate surface area is 178 Å². The monoisotopic (exact) mass is 412 g/mol. The first kappa shape index (κ1) is 27.6. The lowest BCUT2D eigenvalue weighted by molar-refractivity contribution is -0.145. The maximum Gasteiger partial charge on any atom is 0.305 e. The lowest BCUT2D eigenvalue weighted by Crippen LogP contribution is -2.13. The van der Waals surface area contributed by atoms with Crippen molar-refractivity contribution < 1.29 is 23.8 Å². The van der Waals surface area contributed by atoms with Gasteiger partial charge in [0.1, 0.15) is 13.2 Å². The molecule has 0 aromatic rings. The lowest BCUT2D eigenvalue weighted by Gasteiger charge is -2.06. The van der Waals surface area contributed by atoms with E-state index < -0.39 is 0 Å². The molecule has 0 aliphatic heterocycles. The number of carbonyl (C=O) groups excluding carboxylic acids is 2. The zero-order valence-corrected chi connectivity index (χ0v) is 18.9. The van der Waals surface area contributed by atoms with E-state index in [1.54, 1.807) is 0 Å². The molecule has 0 unspecified atom stereocenters. The van der Waals surface area contributed by atoms with Gasteiger partial charge in [0.25, 0.3) is 0 Å². The van der Waals surface area contributed by atoms with Crippen LogP contribution in [0, 0.1) is 0 Å². The van der Waals surface area contributed by atoms with Crippen molar-refractivity contribution in [2.75, 3.05) is 26.4 Å². The van der Waals surface area contributed by atoms with Gasteiger partial charge in [-0.25, -0.2) is 0 Å². The number of unbranched alkanes of at least 4 members (excludes halogenated alkanes) is 11. The highest BCUT2D eigenvalue weighted by Crippen LogP contribution is 2.10. The number of esters is 2. The summed E-state index contributed by atoms with van der Waals surface area (Å²) in [4.78, 5) is 22.2. The molecule has 0 aliphatic carbocycles. The highest BCUT2D eigenvalue weighted by atomic mass is 16.6. The Morgan fingerprint density at radius 2 is 1.17 bits per heavy atom.